The van der Waals surface area contributed by atoms with Crippen molar-refractivity contribution in [3.63, 3.8) is 0 Å². The Morgan fingerprint density at radius 3 is 1.84 bits per heavy atom. The number of hydrogen-bond donors (Lipinski definition) is 3. The van der Waals surface area contributed by atoms with E-state index in [0.29, 0.717) is 11.1 Å². The van der Waals surface area contributed by atoms with Crippen molar-refractivity contribution in [3.8, 4) is 0 Å². The van der Waals surface area contributed by atoms with Crippen LogP contribution in [0.3, 0.4) is 0 Å². The topological polar surface area (TPSA) is 139 Å². The van der Waals surface area contributed by atoms with Crippen molar-refractivity contribution in [2.45, 2.75) is 64.6 Å². The first-order chi connectivity index (χ1) is 14.5. The summed E-state index contributed by atoms with van der Waals surface area (Å²) in [5, 5.41) is 0.863. The number of nitrogens with one attached hydrogen (secondary N) is 1. The first kappa shape index (κ1) is 26.8. The van der Waals surface area contributed by atoms with Crippen LogP contribution in [-0.2, 0) is 40.0 Å². The van der Waals surface area contributed by atoms with Crippen molar-refractivity contribution in [2.24, 2.45) is 0 Å². The van der Waals surface area contributed by atoms with Crippen LogP contribution >= 0.6 is 7.60 Å². The van der Waals surface area contributed by atoms with Gasteiger partial charge in [0.05, 0.1) is 18.4 Å². The molecule has 0 aromatic heterocycles. The summed E-state index contributed by atoms with van der Waals surface area (Å²) in [5.41, 5.74) is -1.57. The molecule has 31 heavy (non-hydrogen) atoms. The molecule has 0 fully saturated rings. The monoisotopic (exact) mass is 457 g/mol. The molecule has 0 bridgehead atoms. The summed E-state index contributed by atoms with van der Waals surface area (Å²) in [6.07, 6.45) is -0.143. The minimum Gasteiger partial charge on any atom is -0.464 e. The molecule has 0 unspecified atom stereocenters. The summed E-state index contributed by atoms with van der Waals surface area (Å²) in [5.74, 6) is -2.67. The molecule has 9 nitrogen and oxygen atoms in total. The van der Waals surface area contributed by atoms with Crippen molar-refractivity contribution < 1.29 is 38.2 Å². The van der Waals surface area contributed by atoms with Crippen molar-refractivity contribution in [2.75, 3.05) is 13.2 Å². The third kappa shape index (κ3) is 5.53. The second kappa shape index (κ2) is 10.9. The highest BCUT2D eigenvalue weighted by Crippen LogP contribution is 2.61. The number of esters is 2. The smallest absolute Gasteiger partial charge is 0.344 e. The summed E-state index contributed by atoms with van der Waals surface area (Å²) in [4.78, 5) is 58.2. The Morgan fingerprint density at radius 1 is 0.968 bits per heavy atom. The standard InChI is InChI=1S/C21H32NO8P/c1-6-20(7-2,31(26,27)28)17-13-11-10-12-16(17)14-21(22-15(5)23,18(24)29-8-3)19(25)30-9-4/h10-13H,6-9,14H2,1-5H3,(H,22,23)(H2,26,27,28). The average Bonchev–Trinajstić information content (AvgIpc) is 2.68. The van der Waals surface area contributed by atoms with Gasteiger partial charge in [0.25, 0.3) is 0 Å². The molecular weight excluding hydrogens is 425 g/mol. The number of benzene rings is 1. The highest BCUT2D eigenvalue weighted by atomic mass is 31.2. The van der Waals surface area contributed by atoms with Gasteiger partial charge in [-0.3, -0.25) is 9.36 Å². The number of ether oxygens (including phenoxy) is 2. The van der Waals surface area contributed by atoms with Crippen LogP contribution in [-0.4, -0.2) is 46.4 Å². The van der Waals surface area contributed by atoms with Gasteiger partial charge in [-0.1, -0.05) is 38.1 Å². The van der Waals surface area contributed by atoms with Gasteiger partial charge < -0.3 is 24.6 Å². The molecule has 10 heteroatoms. The molecule has 0 saturated heterocycles. The van der Waals surface area contributed by atoms with E-state index in [4.69, 9.17) is 9.47 Å². The van der Waals surface area contributed by atoms with Crippen LogP contribution < -0.4 is 5.32 Å². The van der Waals surface area contributed by atoms with Gasteiger partial charge in [0.15, 0.2) is 0 Å². The van der Waals surface area contributed by atoms with E-state index in [1.807, 2.05) is 0 Å². The van der Waals surface area contributed by atoms with Gasteiger partial charge in [-0.15, -0.1) is 0 Å². The first-order valence-electron chi connectivity index (χ1n) is 10.2. The zero-order valence-electron chi connectivity index (χ0n) is 18.6. The van der Waals surface area contributed by atoms with E-state index in [-0.39, 0.29) is 32.5 Å². The van der Waals surface area contributed by atoms with Crippen LogP contribution in [0.4, 0.5) is 0 Å². The molecule has 1 aromatic rings. The predicted molar refractivity (Wildman–Crippen MR) is 114 cm³/mol. The Morgan fingerprint density at radius 2 is 1.45 bits per heavy atom. The minimum atomic E-state index is -4.64. The number of carbonyl (C=O) groups is 3. The number of hydrogen-bond acceptors (Lipinski definition) is 6. The van der Waals surface area contributed by atoms with Gasteiger partial charge in [-0.05, 0) is 37.8 Å². The number of carbonyl (C=O) groups excluding carboxylic acids is 3. The van der Waals surface area contributed by atoms with Crippen LogP contribution in [0, 0.1) is 0 Å². The van der Waals surface area contributed by atoms with Crippen LogP contribution in [0.15, 0.2) is 24.3 Å². The number of rotatable bonds is 11. The third-order valence-electron chi connectivity index (χ3n) is 5.34. The summed E-state index contributed by atoms with van der Waals surface area (Å²) >= 11 is 0. The quantitative estimate of drug-likeness (QED) is 0.262. The maximum Gasteiger partial charge on any atom is 0.344 e. The van der Waals surface area contributed by atoms with E-state index in [9.17, 15) is 28.7 Å². The number of amides is 1. The summed E-state index contributed by atoms with van der Waals surface area (Å²) < 4.78 is 22.7. The maximum absolute atomic E-state index is 12.9. The molecule has 174 valence electrons. The molecule has 1 aromatic carbocycles. The lowest BCUT2D eigenvalue weighted by molar-refractivity contribution is -0.168. The van der Waals surface area contributed by atoms with E-state index in [1.165, 1.54) is 0 Å². The molecule has 3 N–H and O–H groups in total. The molecule has 0 saturated carbocycles. The average molecular weight is 457 g/mol. The van der Waals surface area contributed by atoms with Gasteiger partial charge in [0.1, 0.15) is 0 Å². The lowest BCUT2D eigenvalue weighted by Gasteiger charge is -2.36. The van der Waals surface area contributed by atoms with Crippen molar-refractivity contribution in [1.29, 1.82) is 0 Å². The van der Waals surface area contributed by atoms with E-state index < -0.39 is 36.1 Å². The Hall–Kier alpha value is -2.22. The van der Waals surface area contributed by atoms with Gasteiger partial charge in [-0.25, -0.2) is 9.59 Å². The van der Waals surface area contributed by atoms with E-state index in [0.717, 1.165) is 6.92 Å². The van der Waals surface area contributed by atoms with E-state index >= 15 is 0 Å². The largest absolute Gasteiger partial charge is 0.464 e. The maximum atomic E-state index is 12.9. The molecule has 0 aliphatic rings. The fraction of sp³-hybridized carbons (Fsp3) is 0.571. The summed E-state index contributed by atoms with van der Waals surface area (Å²) in [7, 11) is -4.64. The van der Waals surface area contributed by atoms with Crippen LogP contribution in [0.25, 0.3) is 0 Å². The molecule has 0 heterocycles. The summed E-state index contributed by atoms with van der Waals surface area (Å²) in [6, 6.07) is 6.39. The molecule has 0 spiro atoms. The van der Waals surface area contributed by atoms with Crippen LogP contribution in [0.2, 0.25) is 0 Å². The zero-order chi connectivity index (χ0) is 23.9. The first-order valence-corrected chi connectivity index (χ1v) is 11.8. The van der Waals surface area contributed by atoms with Gasteiger partial charge in [0, 0.05) is 13.3 Å². The van der Waals surface area contributed by atoms with Gasteiger partial charge in [0.2, 0.25) is 11.4 Å². The van der Waals surface area contributed by atoms with Crippen molar-refractivity contribution in [3.05, 3.63) is 35.4 Å². The Labute approximate surface area is 182 Å². The van der Waals surface area contributed by atoms with Crippen LogP contribution in [0.1, 0.15) is 58.6 Å². The van der Waals surface area contributed by atoms with E-state index in [2.05, 4.69) is 5.32 Å². The van der Waals surface area contributed by atoms with E-state index in [1.54, 1.807) is 52.0 Å². The Kier molecular flexibility index (Phi) is 9.42. The highest BCUT2D eigenvalue weighted by Gasteiger charge is 2.52. The molecule has 1 rings (SSSR count). The summed E-state index contributed by atoms with van der Waals surface area (Å²) in [6.45, 7) is 7.51. The van der Waals surface area contributed by atoms with Crippen LogP contribution in [0.5, 0.6) is 0 Å². The molecule has 1 amide bonds. The lowest BCUT2D eigenvalue weighted by Crippen LogP contribution is -2.62. The lowest BCUT2D eigenvalue weighted by atomic mass is 9.82. The highest BCUT2D eigenvalue weighted by molar-refractivity contribution is 7.53. The fourth-order valence-corrected chi connectivity index (χ4v) is 5.15. The normalized spacial score (nSPS) is 12.2. The molecule has 0 aliphatic carbocycles. The second-order valence-corrected chi connectivity index (χ2v) is 9.09. The van der Waals surface area contributed by atoms with Gasteiger partial charge in [-0.2, -0.15) is 0 Å². The Bertz CT molecular complexity index is 826. The molecule has 0 atom stereocenters. The molecule has 0 aliphatic heterocycles. The minimum absolute atomic E-state index is 0.0441. The third-order valence-corrected chi connectivity index (χ3v) is 7.33. The van der Waals surface area contributed by atoms with Crippen molar-refractivity contribution in [1.82, 2.24) is 5.32 Å². The predicted octanol–water partition coefficient (Wildman–Crippen LogP) is 2.42. The molecular formula is C21H32NO8P. The SMILES string of the molecule is CCOC(=O)C(Cc1ccccc1C(CC)(CC)P(=O)(O)O)(NC(C)=O)C(=O)OCC. The van der Waals surface area contributed by atoms with Crippen molar-refractivity contribution >= 4 is 25.4 Å². The fourth-order valence-electron chi connectivity index (χ4n) is 3.80. The second-order valence-electron chi connectivity index (χ2n) is 7.14. The molecule has 0 radical (unpaired) electrons. The zero-order valence-corrected chi connectivity index (χ0v) is 19.5. The van der Waals surface area contributed by atoms with Gasteiger partial charge >= 0.3 is 19.5 Å². The Balaban J connectivity index is 3.79.